The van der Waals surface area contributed by atoms with Crippen molar-refractivity contribution in [2.75, 3.05) is 0 Å². The van der Waals surface area contributed by atoms with E-state index < -0.39 is 11.6 Å². The molecule has 0 fully saturated rings. The van der Waals surface area contributed by atoms with Crippen molar-refractivity contribution in [3.8, 4) is 0 Å². The Balaban J connectivity index is 1.92. The predicted octanol–water partition coefficient (Wildman–Crippen LogP) is 3.78. The molecule has 2 aromatic carbocycles. The average molecular weight is 275 g/mol. The molecule has 0 radical (unpaired) electrons. The lowest BCUT2D eigenvalue weighted by Crippen LogP contribution is -2.24. The fourth-order valence-corrected chi connectivity index (χ4v) is 2.31. The van der Waals surface area contributed by atoms with Gasteiger partial charge in [-0.3, -0.25) is 0 Å². The maximum atomic E-state index is 13.5. The van der Waals surface area contributed by atoms with Crippen molar-refractivity contribution >= 4 is 0 Å². The van der Waals surface area contributed by atoms with Crippen molar-refractivity contribution in [2.45, 2.75) is 32.2 Å². The lowest BCUT2D eigenvalue weighted by Gasteiger charge is -2.12. The summed E-state index contributed by atoms with van der Waals surface area (Å²) in [4.78, 5) is 0. The number of halogens is 2. The smallest absolute Gasteiger partial charge is 0.162 e. The molecule has 0 amide bonds. The minimum Gasteiger partial charge on any atom is -0.327 e. The molecule has 0 saturated carbocycles. The number of rotatable bonds is 5. The van der Waals surface area contributed by atoms with Gasteiger partial charge in [-0.05, 0) is 43.4 Å². The van der Waals surface area contributed by atoms with E-state index in [0.717, 1.165) is 18.9 Å². The van der Waals surface area contributed by atoms with Crippen LogP contribution in [-0.2, 0) is 12.8 Å². The van der Waals surface area contributed by atoms with Gasteiger partial charge in [0, 0.05) is 6.04 Å². The van der Waals surface area contributed by atoms with Crippen LogP contribution < -0.4 is 5.73 Å². The van der Waals surface area contributed by atoms with Gasteiger partial charge in [-0.25, -0.2) is 8.78 Å². The molecule has 0 bridgehead atoms. The van der Waals surface area contributed by atoms with E-state index in [2.05, 4.69) is 12.1 Å². The standard InChI is InChI=1S/C17H19F2N/c1-12-4-2-5-13(10-12)8-9-15(20)11-14-6-3-7-16(18)17(14)19/h2-7,10,15H,8-9,11,20H2,1H3. The summed E-state index contributed by atoms with van der Waals surface area (Å²) < 4.78 is 26.7. The van der Waals surface area contributed by atoms with Crippen molar-refractivity contribution in [2.24, 2.45) is 5.73 Å². The lowest BCUT2D eigenvalue weighted by atomic mass is 9.99. The Bertz CT molecular complexity index is 581. The average Bonchev–Trinajstić information content (AvgIpc) is 2.42. The highest BCUT2D eigenvalue weighted by molar-refractivity contribution is 5.23. The Morgan fingerprint density at radius 3 is 2.60 bits per heavy atom. The van der Waals surface area contributed by atoms with Gasteiger partial charge in [-0.1, -0.05) is 42.0 Å². The van der Waals surface area contributed by atoms with Gasteiger partial charge in [0.2, 0.25) is 0 Å². The molecular weight excluding hydrogens is 256 g/mol. The Hall–Kier alpha value is -1.74. The molecule has 2 N–H and O–H groups in total. The molecule has 3 heteroatoms. The molecule has 2 aromatic rings. The number of aryl methyl sites for hydroxylation is 2. The van der Waals surface area contributed by atoms with E-state index in [0.29, 0.717) is 12.0 Å². The van der Waals surface area contributed by atoms with Crippen molar-refractivity contribution in [1.29, 1.82) is 0 Å². The second kappa shape index (κ2) is 6.62. The van der Waals surface area contributed by atoms with E-state index >= 15 is 0 Å². The Kier molecular flexibility index (Phi) is 4.85. The zero-order chi connectivity index (χ0) is 14.5. The third kappa shape index (κ3) is 3.87. The van der Waals surface area contributed by atoms with Crippen LogP contribution >= 0.6 is 0 Å². The largest absolute Gasteiger partial charge is 0.327 e. The lowest BCUT2D eigenvalue weighted by molar-refractivity contribution is 0.490. The molecule has 1 unspecified atom stereocenters. The first-order valence-electron chi connectivity index (χ1n) is 6.80. The minimum absolute atomic E-state index is 0.174. The van der Waals surface area contributed by atoms with Gasteiger partial charge in [0.05, 0.1) is 0 Å². The zero-order valence-electron chi connectivity index (χ0n) is 11.6. The first-order valence-corrected chi connectivity index (χ1v) is 6.80. The molecule has 0 aliphatic heterocycles. The summed E-state index contributed by atoms with van der Waals surface area (Å²) in [6, 6.07) is 12.3. The number of benzene rings is 2. The Morgan fingerprint density at radius 2 is 1.85 bits per heavy atom. The topological polar surface area (TPSA) is 26.0 Å². The quantitative estimate of drug-likeness (QED) is 0.883. The first-order chi connectivity index (χ1) is 9.56. The summed E-state index contributed by atoms with van der Waals surface area (Å²) in [7, 11) is 0. The van der Waals surface area contributed by atoms with Gasteiger partial charge in [0.25, 0.3) is 0 Å². The number of hydrogen-bond donors (Lipinski definition) is 1. The van der Waals surface area contributed by atoms with E-state index in [9.17, 15) is 8.78 Å². The van der Waals surface area contributed by atoms with Crippen molar-refractivity contribution in [3.63, 3.8) is 0 Å². The van der Waals surface area contributed by atoms with Crippen LogP contribution in [0.25, 0.3) is 0 Å². The molecular formula is C17H19F2N. The highest BCUT2D eigenvalue weighted by atomic mass is 19.2. The highest BCUT2D eigenvalue weighted by Gasteiger charge is 2.11. The molecule has 0 aliphatic carbocycles. The fraction of sp³-hybridized carbons (Fsp3) is 0.294. The fourth-order valence-electron chi connectivity index (χ4n) is 2.31. The van der Waals surface area contributed by atoms with Gasteiger partial charge >= 0.3 is 0 Å². The monoisotopic (exact) mass is 275 g/mol. The van der Waals surface area contributed by atoms with Crippen LogP contribution in [0.5, 0.6) is 0 Å². The normalized spacial score (nSPS) is 12.4. The first kappa shape index (κ1) is 14.7. The summed E-state index contributed by atoms with van der Waals surface area (Å²) in [5, 5.41) is 0. The van der Waals surface area contributed by atoms with E-state index in [4.69, 9.17) is 5.73 Å². The highest BCUT2D eigenvalue weighted by Crippen LogP contribution is 2.15. The van der Waals surface area contributed by atoms with E-state index in [1.807, 2.05) is 19.1 Å². The van der Waals surface area contributed by atoms with Crippen LogP contribution in [0.2, 0.25) is 0 Å². The van der Waals surface area contributed by atoms with Crippen LogP contribution in [0.1, 0.15) is 23.1 Å². The van der Waals surface area contributed by atoms with Crippen molar-refractivity contribution in [1.82, 2.24) is 0 Å². The Labute approximate surface area is 118 Å². The van der Waals surface area contributed by atoms with Crippen LogP contribution in [-0.4, -0.2) is 6.04 Å². The third-order valence-corrected chi connectivity index (χ3v) is 3.40. The van der Waals surface area contributed by atoms with Crippen molar-refractivity contribution in [3.05, 3.63) is 70.8 Å². The molecule has 0 heterocycles. The van der Waals surface area contributed by atoms with E-state index in [-0.39, 0.29) is 6.04 Å². The second-order valence-electron chi connectivity index (χ2n) is 5.20. The van der Waals surface area contributed by atoms with Gasteiger partial charge in [0.1, 0.15) is 0 Å². The van der Waals surface area contributed by atoms with Gasteiger partial charge in [-0.15, -0.1) is 0 Å². The molecule has 0 spiro atoms. The van der Waals surface area contributed by atoms with Crippen LogP contribution in [0, 0.1) is 18.6 Å². The van der Waals surface area contributed by atoms with E-state index in [1.165, 1.54) is 17.2 Å². The minimum atomic E-state index is -0.812. The molecule has 0 saturated heterocycles. The van der Waals surface area contributed by atoms with Crippen molar-refractivity contribution < 1.29 is 8.78 Å². The molecule has 106 valence electrons. The van der Waals surface area contributed by atoms with Crippen LogP contribution in [0.4, 0.5) is 8.78 Å². The molecule has 0 aliphatic rings. The third-order valence-electron chi connectivity index (χ3n) is 3.40. The SMILES string of the molecule is Cc1cccc(CCC(N)Cc2cccc(F)c2F)c1. The van der Waals surface area contributed by atoms with Gasteiger partial charge < -0.3 is 5.73 Å². The van der Waals surface area contributed by atoms with Crippen LogP contribution in [0.3, 0.4) is 0 Å². The Morgan fingerprint density at radius 1 is 1.10 bits per heavy atom. The van der Waals surface area contributed by atoms with Gasteiger partial charge in [-0.2, -0.15) is 0 Å². The van der Waals surface area contributed by atoms with Crippen LogP contribution in [0.15, 0.2) is 42.5 Å². The predicted molar refractivity (Wildman–Crippen MR) is 77.5 cm³/mol. The summed E-state index contributed by atoms with van der Waals surface area (Å²) >= 11 is 0. The summed E-state index contributed by atoms with van der Waals surface area (Å²) in [6.07, 6.45) is 1.95. The number of nitrogens with two attached hydrogens (primary N) is 1. The summed E-state index contributed by atoms with van der Waals surface area (Å²) in [6.45, 7) is 2.05. The maximum Gasteiger partial charge on any atom is 0.162 e. The second-order valence-corrected chi connectivity index (χ2v) is 5.20. The number of hydrogen-bond acceptors (Lipinski definition) is 1. The molecule has 2 rings (SSSR count). The molecule has 1 atom stereocenters. The zero-order valence-corrected chi connectivity index (χ0v) is 11.6. The summed E-state index contributed by atoms with van der Waals surface area (Å²) in [5.74, 6) is -1.59. The van der Waals surface area contributed by atoms with E-state index in [1.54, 1.807) is 6.07 Å². The molecule has 1 nitrogen and oxygen atoms in total. The summed E-state index contributed by atoms with van der Waals surface area (Å²) in [5.41, 5.74) is 8.81. The maximum absolute atomic E-state index is 13.5. The molecule has 0 aromatic heterocycles. The van der Waals surface area contributed by atoms with Gasteiger partial charge in [0.15, 0.2) is 11.6 Å². The molecule has 20 heavy (non-hydrogen) atoms.